The zero-order valence-electron chi connectivity index (χ0n) is 14.3. The highest BCUT2D eigenvalue weighted by Crippen LogP contribution is 2.22. The van der Waals surface area contributed by atoms with Gasteiger partial charge in [0.25, 0.3) is 0 Å². The normalized spacial score (nSPS) is 12.6. The van der Waals surface area contributed by atoms with E-state index in [1.54, 1.807) is 0 Å². The van der Waals surface area contributed by atoms with Gasteiger partial charge in [0, 0.05) is 36.0 Å². The quantitative estimate of drug-likeness (QED) is 0.839. The first-order valence-corrected chi connectivity index (χ1v) is 8.01. The maximum Gasteiger partial charge on any atom is 0.124 e. The SMILES string of the molecule is CCOc1cc(C)ccc1CN[C@@H](C)c1cnn(C(C)C)c1. The summed E-state index contributed by atoms with van der Waals surface area (Å²) in [6.07, 6.45) is 4.05. The molecule has 4 heteroatoms. The van der Waals surface area contributed by atoms with Crippen molar-refractivity contribution in [2.24, 2.45) is 0 Å². The Morgan fingerprint density at radius 1 is 1.27 bits per heavy atom. The first kappa shape index (κ1) is 16.6. The summed E-state index contributed by atoms with van der Waals surface area (Å²) in [5, 5.41) is 7.95. The summed E-state index contributed by atoms with van der Waals surface area (Å²) in [6, 6.07) is 7.01. The predicted molar refractivity (Wildman–Crippen MR) is 90.2 cm³/mol. The average Bonchev–Trinajstić information content (AvgIpc) is 2.96. The van der Waals surface area contributed by atoms with Crippen molar-refractivity contribution in [1.29, 1.82) is 0 Å². The first-order chi connectivity index (χ1) is 10.5. The second-order valence-electron chi connectivity index (χ2n) is 5.99. The van der Waals surface area contributed by atoms with Gasteiger partial charge >= 0.3 is 0 Å². The maximum absolute atomic E-state index is 5.73. The molecule has 2 aromatic rings. The van der Waals surface area contributed by atoms with E-state index in [1.165, 1.54) is 16.7 Å². The highest BCUT2D eigenvalue weighted by atomic mass is 16.5. The van der Waals surface area contributed by atoms with Crippen LogP contribution in [0.15, 0.2) is 30.6 Å². The molecular formula is C18H27N3O. The third kappa shape index (κ3) is 4.10. The fraction of sp³-hybridized carbons (Fsp3) is 0.500. The highest BCUT2D eigenvalue weighted by Gasteiger charge is 2.11. The molecule has 0 aliphatic rings. The number of ether oxygens (including phenoxy) is 1. The molecular weight excluding hydrogens is 274 g/mol. The van der Waals surface area contributed by atoms with Crippen LogP contribution in [0, 0.1) is 6.92 Å². The largest absolute Gasteiger partial charge is 0.494 e. The molecule has 0 radical (unpaired) electrons. The van der Waals surface area contributed by atoms with E-state index in [0.717, 1.165) is 12.3 Å². The van der Waals surface area contributed by atoms with Crippen LogP contribution in [0.3, 0.4) is 0 Å². The van der Waals surface area contributed by atoms with Crippen LogP contribution in [-0.4, -0.2) is 16.4 Å². The molecule has 1 atom stereocenters. The zero-order valence-corrected chi connectivity index (χ0v) is 14.3. The average molecular weight is 301 g/mol. The van der Waals surface area contributed by atoms with Crippen LogP contribution in [0.25, 0.3) is 0 Å². The minimum Gasteiger partial charge on any atom is -0.494 e. The van der Waals surface area contributed by atoms with Crippen LogP contribution in [0.5, 0.6) is 5.75 Å². The van der Waals surface area contributed by atoms with Gasteiger partial charge in [0.05, 0.1) is 12.8 Å². The molecule has 1 N–H and O–H groups in total. The third-order valence-electron chi connectivity index (χ3n) is 3.77. The summed E-state index contributed by atoms with van der Waals surface area (Å²) in [5.74, 6) is 0.972. The molecule has 22 heavy (non-hydrogen) atoms. The van der Waals surface area contributed by atoms with E-state index in [4.69, 9.17) is 4.74 Å². The number of rotatable bonds is 7. The van der Waals surface area contributed by atoms with Crippen molar-refractivity contribution in [3.8, 4) is 5.75 Å². The van der Waals surface area contributed by atoms with E-state index in [9.17, 15) is 0 Å². The van der Waals surface area contributed by atoms with Gasteiger partial charge in [-0.25, -0.2) is 0 Å². The van der Waals surface area contributed by atoms with Gasteiger partial charge in [0.1, 0.15) is 5.75 Å². The Kier molecular flexibility index (Phi) is 5.61. The second-order valence-corrected chi connectivity index (χ2v) is 5.99. The van der Waals surface area contributed by atoms with Gasteiger partial charge in [-0.05, 0) is 46.2 Å². The Morgan fingerprint density at radius 3 is 2.68 bits per heavy atom. The number of aromatic nitrogens is 2. The molecule has 4 nitrogen and oxygen atoms in total. The number of nitrogens with zero attached hydrogens (tertiary/aromatic N) is 2. The lowest BCUT2D eigenvalue weighted by Gasteiger charge is -2.15. The van der Waals surface area contributed by atoms with Crippen LogP contribution < -0.4 is 10.1 Å². The predicted octanol–water partition coefficient (Wildman–Crippen LogP) is 4.02. The van der Waals surface area contributed by atoms with Gasteiger partial charge in [-0.3, -0.25) is 4.68 Å². The summed E-state index contributed by atoms with van der Waals surface area (Å²) in [4.78, 5) is 0. The summed E-state index contributed by atoms with van der Waals surface area (Å²) < 4.78 is 7.73. The van der Waals surface area contributed by atoms with Crippen LogP contribution in [0.1, 0.15) is 56.5 Å². The summed E-state index contributed by atoms with van der Waals surface area (Å²) in [6.45, 7) is 12.0. The van der Waals surface area contributed by atoms with Gasteiger partial charge in [-0.2, -0.15) is 5.10 Å². The molecule has 0 unspecified atom stereocenters. The van der Waals surface area contributed by atoms with Crippen molar-refractivity contribution >= 4 is 0 Å². The first-order valence-electron chi connectivity index (χ1n) is 8.01. The van der Waals surface area contributed by atoms with E-state index >= 15 is 0 Å². The highest BCUT2D eigenvalue weighted by molar-refractivity contribution is 5.37. The molecule has 0 saturated heterocycles. The van der Waals surface area contributed by atoms with Crippen LogP contribution in [0.4, 0.5) is 0 Å². The molecule has 0 aliphatic heterocycles. The van der Waals surface area contributed by atoms with Crippen molar-refractivity contribution in [2.45, 2.75) is 53.2 Å². The van der Waals surface area contributed by atoms with Crippen LogP contribution in [-0.2, 0) is 6.54 Å². The smallest absolute Gasteiger partial charge is 0.124 e. The Morgan fingerprint density at radius 2 is 2.05 bits per heavy atom. The van der Waals surface area contributed by atoms with Crippen molar-refractivity contribution in [2.75, 3.05) is 6.61 Å². The van der Waals surface area contributed by atoms with E-state index in [-0.39, 0.29) is 6.04 Å². The lowest BCUT2D eigenvalue weighted by atomic mass is 10.1. The Balaban J connectivity index is 2.02. The number of nitrogens with one attached hydrogen (secondary N) is 1. The van der Waals surface area contributed by atoms with E-state index in [2.05, 4.69) is 62.5 Å². The van der Waals surface area contributed by atoms with E-state index in [0.29, 0.717) is 12.6 Å². The van der Waals surface area contributed by atoms with Crippen molar-refractivity contribution in [3.05, 3.63) is 47.3 Å². The topological polar surface area (TPSA) is 39.1 Å². The Labute approximate surface area is 133 Å². The monoisotopic (exact) mass is 301 g/mol. The molecule has 1 aromatic heterocycles. The minimum atomic E-state index is 0.253. The molecule has 1 heterocycles. The van der Waals surface area contributed by atoms with E-state index in [1.807, 2.05) is 17.8 Å². The summed E-state index contributed by atoms with van der Waals surface area (Å²) >= 11 is 0. The number of aryl methyl sites for hydroxylation is 1. The lowest BCUT2D eigenvalue weighted by molar-refractivity contribution is 0.334. The second kappa shape index (κ2) is 7.45. The van der Waals surface area contributed by atoms with Gasteiger partial charge < -0.3 is 10.1 Å². The number of hydrogen-bond donors (Lipinski definition) is 1. The lowest BCUT2D eigenvalue weighted by Crippen LogP contribution is -2.18. The molecule has 2 rings (SSSR count). The number of benzene rings is 1. The van der Waals surface area contributed by atoms with Crippen LogP contribution >= 0.6 is 0 Å². The summed E-state index contributed by atoms with van der Waals surface area (Å²) in [5.41, 5.74) is 3.62. The molecule has 0 fully saturated rings. The maximum atomic E-state index is 5.73. The van der Waals surface area contributed by atoms with Gasteiger partial charge in [-0.15, -0.1) is 0 Å². The van der Waals surface area contributed by atoms with Crippen molar-refractivity contribution in [3.63, 3.8) is 0 Å². The third-order valence-corrected chi connectivity index (χ3v) is 3.77. The molecule has 0 aliphatic carbocycles. The fourth-order valence-corrected chi connectivity index (χ4v) is 2.34. The fourth-order valence-electron chi connectivity index (χ4n) is 2.34. The number of hydrogen-bond acceptors (Lipinski definition) is 3. The molecule has 0 saturated carbocycles. The van der Waals surface area contributed by atoms with Crippen molar-refractivity contribution in [1.82, 2.24) is 15.1 Å². The molecule has 0 bridgehead atoms. The van der Waals surface area contributed by atoms with Gasteiger partial charge in [0.2, 0.25) is 0 Å². The molecule has 0 amide bonds. The minimum absolute atomic E-state index is 0.253. The van der Waals surface area contributed by atoms with E-state index < -0.39 is 0 Å². The standard InChI is InChI=1S/C18H27N3O/c1-6-22-18-9-14(4)7-8-16(18)10-19-15(5)17-11-20-21(12-17)13(2)3/h7-9,11-13,15,19H,6,10H2,1-5H3/t15-/m0/s1. The van der Waals surface area contributed by atoms with Crippen LogP contribution in [0.2, 0.25) is 0 Å². The Bertz CT molecular complexity index is 604. The molecule has 0 spiro atoms. The Hall–Kier alpha value is -1.81. The van der Waals surface area contributed by atoms with Crippen molar-refractivity contribution < 1.29 is 4.74 Å². The zero-order chi connectivity index (χ0) is 16.1. The summed E-state index contributed by atoms with van der Waals surface area (Å²) in [7, 11) is 0. The molecule has 1 aromatic carbocycles. The van der Waals surface area contributed by atoms with Gasteiger partial charge in [-0.1, -0.05) is 12.1 Å². The molecule has 120 valence electrons. The van der Waals surface area contributed by atoms with Gasteiger partial charge in [0.15, 0.2) is 0 Å².